The van der Waals surface area contributed by atoms with Crippen molar-refractivity contribution in [1.82, 2.24) is 10.2 Å². The van der Waals surface area contributed by atoms with E-state index in [2.05, 4.69) is 53.6 Å². The van der Waals surface area contributed by atoms with Crippen LogP contribution in [0, 0.1) is 0 Å². The molecule has 7 heteroatoms. The van der Waals surface area contributed by atoms with Gasteiger partial charge in [0, 0.05) is 43.7 Å². The summed E-state index contributed by atoms with van der Waals surface area (Å²) in [5.41, 5.74) is 3.13. The number of esters is 1. The van der Waals surface area contributed by atoms with E-state index >= 15 is 0 Å². The summed E-state index contributed by atoms with van der Waals surface area (Å²) < 4.78 is 10.4. The second-order valence-corrected chi connectivity index (χ2v) is 9.22. The first-order valence-corrected chi connectivity index (χ1v) is 12.6. The average molecular weight is 482 g/mol. The van der Waals surface area contributed by atoms with Crippen LogP contribution in [0.3, 0.4) is 0 Å². The summed E-state index contributed by atoms with van der Waals surface area (Å²) in [6, 6.07) is 17.2. The van der Waals surface area contributed by atoms with Crippen molar-refractivity contribution in [2.75, 3.05) is 32.1 Å². The highest BCUT2D eigenvalue weighted by Gasteiger charge is 2.31. The van der Waals surface area contributed by atoms with Crippen molar-refractivity contribution < 1.29 is 19.1 Å². The Morgan fingerprint density at radius 3 is 2.54 bits per heavy atom. The number of benzene rings is 2. The summed E-state index contributed by atoms with van der Waals surface area (Å²) in [5.74, 6) is 0.591. The van der Waals surface area contributed by atoms with Gasteiger partial charge in [0.2, 0.25) is 5.91 Å². The van der Waals surface area contributed by atoms with Crippen molar-refractivity contribution in [3.8, 4) is 5.75 Å². The quantitative estimate of drug-likeness (QED) is 0.363. The van der Waals surface area contributed by atoms with E-state index < -0.39 is 0 Å². The fraction of sp³-hybridized carbons (Fsp3) is 0.500. The molecule has 1 fully saturated rings. The van der Waals surface area contributed by atoms with Gasteiger partial charge < -0.3 is 20.1 Å². The molecule has 0 saturated carbocycles. The number of nitrogens with one attached hydrogen (secondary N) is 2. The van der Waals surface area contributed by atoms with Gasteiger partial charge in [0.05, 0.1) is 19.8 Å². The van der Waals surface area contributed by atoms with Crippen LogP contribution in [0.5, 0.6) is 5.75 Å². The summed E-state index contributed by atoms with van der Waals surface area (Å²) in [6.07, 6.45) is 2.03. The maximum Gasteiger partial charge on any atom is 0.305 e. The summed E-state index contributed by atoms with van der Waals surface area (Å²) >= 11 is 0. The molecule has 1 saturated heterocycles. The average Bonchev–Trinajstić information content (AvgIpc) is 2.85. The Hall–Kier alpha value is -2.90. The molecule has 1 heterocycles. The molecule has 0 spiro atoms. The zero-order chi connectivity index (χ0) is 25.2. The fourth-order valence-electron chi connectivity index (χ4n) is 4.56. The Morgan fingerprint density at radius 1 is 1.09 bits per heavy atom. The van der Waals surface area contributed by atoms with E-state index in [1.807, 2.05) is 24.3 Å². The van der Waals surface area contributed by atoms with Gasteiger partial charge in [-0.15, -0.1) is 0 Å². The van der Waals surface area contributed by atoms with Gasteiger partial charge in [-0.2, -0.15) is 0 Å². The standard InChI is InChI=1S/C28H39N3O4/c1-5-35-27(33)12-7-6-11-26(32)30-24-15-13-22(14-16-24)28(23-9-8-10-25(17-23)34-4)31-19-20(2)29-18-21(31)3/h8-10,13-17,20-21,28-29H,5-7,11-12,18-19H2,1-4H3,(H,30,32)/t20-,21+,28-/m1/s1. The monoisotopic (exact) mass is 481 g/mol. The van der Waals surface area contributed by atoms with Crippen molar-refractivity contribution >= 4 is 17.6 Å². The first-order valence-electron chi connectivity index (χ1n) is 12.6. The number of ether oxygens (including phenoxy) is 2. The molecule has 0 bridgehead atoms. The maximum atomic E-state index is 12.4. The number of amides is 1. The van der Waals surface area contributed by atoms with E-state index in [-0.39, 0.29) is 17.9 Å². The van der Waals surface area contributed by atoms with Gasteiger partial charge >= 0.3 is 5.97 Å². The second kappa shape index (κ2) is 13.3. The van der Waals surface area contributed by atoms with Crippen LogP contribution in [0.2, 0.25) is 0 Å². The fourth-order valence-corrected chi connectivity index (χ4v) is 4.56. The van der Waals surface area contributed by atoms with Crippen molar-refractivity contribution in [2.24, 2.45) is 0 Å². The SMILES string of the molecule is CCOC(=O)CCCCC(=O)Nc1ccc([C@H](c2cccc(OC)c2)N2C[C@@H](C)NC[C@@H]2C)cc1. The van der Waals surface area contributed by atoms with Gasteiger partial charge in [-0.25, -0.2) is 0 Å². The third-order valence-corrected chi connectivity index (χ3v) is 6.40. The zero-order valence-corrected chi connectivity index (χ0v) is 21.4. The van der Waals surface area contributed by atoms with Crippen LogP contribution in [0.25, 0.3) is 0 Å². The number of carbonyl (C=O) groups excluding carboxylic acids is 2. The molecule has 1 aliphatic rings. The third-order valence-electron chi connectivity index (χ3n) is 6.40. The molecule has 35 heavy (non-hydrogen) atoms. The molecular formula is C28H39N3O4. The van der Waals surface area contributed by atoms with Crippen LogP contribution in [0.4, 0.5) is 5.69 Å². The van der Waals surface area contributed by atoms with Gasteiger partial charge in [-0.05, 0) is 69.0 Å². The van der Waals surface area contributed by atoms with E-state index in [1.165, 1.54) is 11.1 Å². The molecule has 0 aliphatic carbocycles. The van der Waals surface area contributed by atoms with Gasteiger partial charge in [0.15, 0.2) is 0 Å². The third kappa shape index (κ3) is 7.80. The summed E-state index contributed by atoms with van der Waals surface area (Å²) in [6.45, 7) is 8.52. The molecular weight excluding hydrogens is 442 g/mol. The number of anilines is 1. The van der Waals surface area contributed by atoms with Gasteiger partial charge in [0.25, 0.3) is 0 Å². The Morgan fingerprint density at radius 2 is 1.83 bits per heavy atom. The lowest BCUT2D eigenvalue weighted by molar-refractivity contribution is -0.143. The number of unbranched alkanes of at least 4 members (excludes halogenated alkanes) is 1. The maximum absolute atomic E-state index is 12.4. The van der Waals surface area contributed by atoms with Gasteiger partial charge in [0.1, 0.15) is 5.75 Å². The lowest BCUT2D eigenvalue weighted by Crippen LogP contribution is -2.55. The molecule has 2 N–H and O–H groups in total. The van der Waals surface area contributed by atoms with E-state index in [0.717, 1.165) is 24.5 Å². The number of carbonyl (C=O) groups is 2. The van der Waals surface area contributed by atoms with Crippen LogP contribution in [0.15, 0.2) is 48.5 Å². The number of methoxy groups -OCH3 is 1. The van der Waals surface area contributed by atoms with E-state index in [9.17, 15) is 9.59 Å². The first-order chi connectivity index (χ1) is 16.9. The van der Waals surface area contributed by atoms with Gasteiger partial charge in [-0.3, -0.25) is 14.5 Å². The lowest BCUT2D eigenvalue weighted by Gasteiger charge is -2.43. The van der Waals surface area contributed by atoms with Crippen molar-refractivity contribution in [3.05, 3.63) is 59.7 Å². The molecule has 1 aliphatic heterocycles. The number of hydrogen-bond donors (Lipinski definition) is 2. The topological polar surface area (TPSA) is 79.9 Å². The Kier molecular flexibility index (Phi) is 10.1. The number of piperazine rings is 1. The molecule has 7 nitrogen and oxygen atoms in total. The number of hydrogen-bond acceptors (Lipinski definition) is 6. The van der Waals surface area contributed by atoms with Crippen molar-refractivity contribution in [3.63, 3.8) is 0 Å². The van der Waals surface area contributed by atoms with Crippen LogP contribution in [-0.2, 0) is 14.3 Å². The summed E-state index contributed by atoms with van der Waals surface area (Å²) in [4.78, 5) is 26.3. The second-order valence-electron chi connectivity index (χ2n) is 9.22. The van der Waals surface area contributed by atoms with E-state index in [1.54, 1.807) is 14.0 Å². The highest BCUT2D eigenvalue weighted by atomic mass is 16.5. The summed E-state index contributed by atoms with van der Waals surface area (Å²) in [7, 11) is 1.69. The largest absolute Gasteiger partial charge is 0.497 e. The van der Waals surface area contributed by atoms with Crippen molar-refractivity contribution in [1.29, 1.82) is 0 Å². The minimum absolute atomic E-state index is 0.0458. The van der Waals surface area contributed by atoms with Crippen LogP contribution >= 0.6 is 0 Å². The highest BCUT2D eigenvalue weighted by molar-refractivity contribution is 5.90. The molecule has 2 aromatic carbocycles. The minimum atomic E-state index is -0.206. The lowest BCUT2D eigenvalue weighted by atomic mass is 9.93. The molecule has 0 radical (unpaired) electrons. The van der Waals surface area contributed by atoms with Gasteiger partial charge in [-0.1, -0.05) is 24.3 Å². The molecule has 190 valence electrons. The predicted octanol–water partition coefficient (Wildman–Crippen LogP) is 4.53. The van der Waals surface area contributed by atoms with Crippen LogP contribution in [-0.4, -0.2) is 55.7 Å². The number of rotatable bonds is 11. The Bertz CT molecular complexity index is 963. The predicted molar refractivity (Wildman–Crippen MR) is 139 cm³/mol. The molecule has 2 aromatic rings. The molecule has 0 aromatic heterocycles. The molecule has 3 atom stereocenters. The number of nitrogens with zero attached hydrogens (tertiary/aromatic N) is 1. The normalized spacial score (nSPS) is 19.1. The minimum Gasteiger partial charge on any atom is -0.497 e. The van der Waals surface area contributed by atoms with Crippen LogP contribution < -0.4 is 15.4 Å². The van der Waals surface area contributed by atoms with Crippen LogP contribution in [0.1, 0.15) is 63.6 Å². The molecule has 1 amide bonds. The smallest absolute Gasteiger partial charge is 0.305 e. The van der Waals surface area contributed by atoms with Crippen molar-refractivity contribution in [2.45, 2.75) is 64.6 Å². The molecule has 3 rings (SSSR count). The Labute approximate surface area is 209 Å². The van der Waals surface area contributed by atoms with E-state index in [4.69, 9.17) is 9.47 Å². The Balaban J connectivity index is 1.69. The molecule has 0 unspecified atom stereocenters. The van der Waals surface area contributed by atoms with E-state index in [0.29, 0.717) is 44.4 Å². The zero-order valence-electron chi connectivity index (χ0n) is 21.4. The highest BCUT2D eigenvalue weighted by Crippen LogP contribution is 2.34. The first kappa shape index (κ1) is 26.7. The summed E-state index contributed by atoms with van der Waals surface area (Å²) in [5, 5.41) is 6.54.